The van der Waals surface area contributed by atoms with Crippen molar-refractivity contribution in [2.45, 2.75) is 18.9 Å². The minimum Gasteiger partial charge on any atom is -0.479 e. The van der Waals surface area contributed by atoms with Crippen molar-refractivity contribution in [3.05, 3.63) is 0 Å². The quantitative estimate of drug-likeness (QED) is 0.582. The molecule has 0 fully saturated rings. The lowest BCUT2D eigenvalue weighted by Crippen LogP contribution is -2.35. The fourth-order valence-electron chi connectivity index (χ4n) is 0.408. The Labute approximate surface area is 59.4 Å². The molecule has 0 aliphatic carbocycles. The molecule has 0 aromatic rings. The van der Waals surface area contributed by atoms with E-state index in [-0.39, 0.29) is 13.0 Å². The molecule has 0 radical (unpaired) electrons. The molecule has 4 nitrogen and oxygen atoms in total. The van der Waals surface area contributed by atoms with Crippen LogP contribution in [-0.2, 0) is 9.53 Å². The van der Waals surface area contributed by atoms with E-state index in [1.807, 2.05) is 0 Å². The van der Waals surface area contributed by atoms with E-state index in [0.717, 1.165) is 0 Å². The third-order valence-corrected chi connectivity index (χ3v) is 1.25. The molecule has 4 heteroatoms. The van der Waals surface area contributed by atoms with Crippen LogP contribution in [-0.4, -0.2) is 35.5 Å². The van der Waals surface area contributed by atoms with Gasteiger partial charge in [-0.1, -0.05) is 0 Å². The van der Waals surface area contributed by atoms with Gasteiger partial charge in [0.15, 0.2) is 5.60 Å². The second-order valence-electron chi connectivity index (χ2n) is 2.32. The summed E-state index contributed by atoms with van der Waals surface area (Å²) in [5, 5.41) is 17.4. The van der Waals surface area contributed by atoms with Crippen LogP contribution in [0.15, 0.2) is 0 Å². The zero-order valence-electron chi connectivity index (χ0n) is 6.13. The zero-order valence-corrected chi connectivity index (χ0v) is 6.13. The molecule has 10 heavy (non-hydrogen) atoms. The summed E-state index contributed by atoms with van der Waals surface area (Å²) in [4.78, 5) is 10.2. The van der Waals surface area contributed by atoms with E-state index in [1.165, 1.54) is 14.0 Å². The van der Waals surface area contributed by atoms with Gasteiger partial charge in [-0.05, 0) is 6.92 Å². The molecule has 0 aliphatic rings. The van der Waals surface area contributed by atoms with Crippen LogP contribution in [0.2, 0.25) is 0 Å². The normalized spacial score (nSPS) is 16.3. The van der Waals surface area contributed by atoms with Gasteiger partial charge in [-0.3, -0.25) is 0 Å². The summed E-state index contributed by atoms with van der Waals surface area (Å²) in [6.07, 6.45) is 0.110. The van der Waals surface area contributed by atoms with Crippen LogP contribution in [0, 0.1) is 0 Å². The molecular weight excluding hydrogens is 136 g/mol. The molecule has 0 rings (SSSR count). The van der Waals surface area contributed by atoms with Crippen LogP contribution in [0.5, 0.6) is 0 Å². The highest BCUT2D eigenvalue weighted by Gasteiger charge is 2.28. The van der Waals surface area contributed by atoms with Crippen LogP contribution in [0.25, 0.3) is 0 Å². The Hall–Kier alpha value is -0.610. The average molecular weight is 148 g/mol. The van der Waals surface area contributed by atoms with E-state index in [9.17, 15) is 4.79 Å². The van der Waals surface area contributed by atoms with E-state index in [0.29, 0.717) is 0 Å². The summed E-state index contributed by atoms with van der Waals surface area (Å²) in [5.41, 5.74) is -1.66. The first kappa shape index (κ1) is 9.39. The van der Waals surface area contributed by atoms with Crippen molar-refractivity contribution in [2.24, 2.45) is 0 Å². The van der Waals surface area contributed by atoms with Crippen LogP contribution in [0.4, 0.5) is 0 Å². The summed E-state index contributed by atoms with van der Waals surface area (Å²) >= 11 is 0. The number of hydrogen-bond donors (Lipinski definition) is 2. The van der Waals surface area contributed by atoms with Gasteiger partial charge in [0, 0.05) is 20.1 Å². The van der Waals surface area contributed by atoms with Crippen LogP contribution in [0.3, 0.4) is 0 Å². The van der Waals surface area contributed by atoms with Gasteiger partial charge in [-0.15, -0.1) is 0 Å². The average Bonchev–Trinajstić information content (AvgIpc) is 1.84. The Morgan fingerprint density at radius 1 is 1.70 bits per heavy atom. The number of ether oxygens (including phenoxy) is 1. The summed E-state index contributed by atoms with van der Waals surface area (Å²) < 4.78 is 4.60. The topological polar surface area (TPSA) is 66.8 Å². The summed E-state index contributed by atoms with van der Waals surface area (Å²) in [6.45, 7) is 1.49. The van der Waals surface area contributed by atoms with E-state index in [4.69, 9.17) is 10.2 Å². The van der Waals surface area contributed by atoms with Gasteiger partial charge in [-0.2, -0.15) is 0 Å². The Bertz CT molecular complexity index is 119. The van der Waals surface area contributed by atoms with E-state index >= 15 is 0 Å². The van der Waals surface area contributed by atoms with Crippen molar-refractivity contribution in [2.75, 3.05) is 13.7 Å². The van der Waals surface area contributed by atoms with Gasteiger partial charge in [0.05, 0.1) is 0 Å². The van der Waals surface area contributed by atoms with Gasteiger partial charge in [0.25, 0.3) is 0 Å². The number of carboxylic acid groups (broad SMARTS) is 1. The van der Waals surface area contributed by atoms with E-state index < -0.39 is 11.6 Å². The maximum atomic E-state index is 10.2. The molecule has 0 heterocycles. The third kappa shape index (κ3) is 2.80. The molecule has 1 atom stereocenters. The minimum atomic E-state index is -1.66. The lowest BCUT2D eigenvalue weighted by molar-refractivity contribution is -0.158. The van der Waals surface area contributed by atoms with Crippen molar-refractivity contribution in [3.8, 4) is 0 Å². The molecular formula is C6H12O4. The number of carboxylic acids is 1. The van der Waals surface area contributed by atoms with Crippen LogP contribution < -0.4 is 0 Å². The van der Waals surface area contributed by atoms with Gasteiger partial charge >= 0.3 is 5.97 Å². The summed E-state index contributed by atoms with van der Waals surface area (Å²) in [7, 11) is 1.46. The van der Waals surface area contributed by atoms with Gasteiger partial charge < -0.3 is 14.9 Å². The zero-order chi connectivity index (χ0) is 8.20. The number of methoxy groups -OCH3 is 1. The summed E-state index contributed by atoms with van der Waals surface area (Å²) in [5.74, 6) is -1.22. The molecule has 0 saturated heterocycles. The Balaban J connectivity index is 3.75. The number of rotatable bonds is 4. The highest BCUT2D eigenvalue weighted by molar-refractivity contribution is 5.76. The van der Waals surface area contributed by atoms with E-state index in [2.05, 4.69) is 4.74 Å². The minimum absolute atomic E-state index is 0.110. The lowest BCUT2D eigenvalue weighted by Gasteiger charge is -2.16. The second kappa shape index (κ2) is 3.53. The molecule has 0 bridgehead atoms. The SMILES string of the molecule is COCC[C@](C)(O)C(=O)O. The fourth-order valence-corrected chi connectivity index (χ4v) is 0.408. The van der Waals surface area contributed by atoms with Crippen molar-refractivity contribution in [3.63, 3.8) is 0 Å². The van der Waals surface area contributed by atoms with Gasteiger partial charge in [0.1, 0.15) is 0 Å². The third-order valence-electron chi connectivity index (χ3n) is 1.25. The standard InChI is InChI=1S/C6H12O4/c1-6(9,5(7)8)3-4-10-2/h9H,3-4H2,1-2H3,(H,7,8)/t6-/m0/s1. The molecule has 0 amide bonds. The number of aliphatic carboxylic acids is 1. The Morgan fingerprint density at radius 3 is 2.50 bits per heavy atom. The van der Waals surface area contributed by atoms with Crippen molar-refractivity contribution >= 4 is 5.97 Å². The van der Waals surface area contributed by atoms with Crippen LogP contribution >= 0.6 is 0 Å². The lowest BCUT2D eigenvalue weighted by atomic mass is 10.0. The highest BCUT2D eigenvalue weighted by atomic mass is 16.5. The molecule has 0 aromatic heterocycles. The van der Waals surface area contributed by atoms with Crippen molar-refractivity contribution < 1.29 is 19.7 Å². The Morgan fingerprint density at radius 2 is 2.20 bits per heavy atom. The molecule has 0 saturated carbocycles. The second-order valence-corrected chi connectivity index (χ2v) is 2.32. The monoisotopic (exact) mass is 148 g/mol. The smallest absolute Gasteiger partial charge is 0.335 e. The predicted octanol–water partition coefficient (Wildman–Crippen LogP) is -0.142. The molecule has 2 N–H and O–H groups in total. The fraction of sp³-hybridized carbons (Fsp3) is 0.833. The van der Waals surface area contributed by atoms with Crippen molar-refractivity contribution in [1.82, 2.24) is 0 Å². The molecule has 0 unspecified atom stereocenters. The first-order valence-electron chi connectivity index (χ1n) is 2.95. The van der Waals surface area contributed by atoms with E-state index in [1.54, 1.807) is 0 Å². The summed E-state index contributed by atoms with van der Waals surface area (Å²) in [6, 6.07) is 0. The maximum absolute atomic E-state index is 10.2. The molecule has 0 aromatic carbocycles. The molecule has 0 aliphatic heterocycles. The highest BCUT2D eigenvalue weighted by Crippen LogP contribution is 2.08. The predicted molar refractivity (Wildman–Crippen MR) is 34.8 cm³/mol. The maximum Gasteiger partial charge on any atom is 0.335 e. The number of carbonyl (C=O) groups is 1. The number of hydrogen-bond acceptors (Lipinski definition) is 3. The molecule has 0 spiro atoms. The van der Waals surface area contributed by atoms with Crippen LogP contribution in [0.1, 0.15) is 13.3 Å². The van der Waals surface area contributed by atoms with Crippen molar-refractivity contribution in [1.29, 1.82) is 0 Å². The van der Waals surface area contributed by atoms with Gasteiger partial charge in [-0.25, -0.2) is 4.79 Å². The number of aliphatic hydroxyl groups is 1. The first-order chi connectivity index (χ1) is 4.50. The van der Waals surface area contributed by atoms with Gasteiger partial charge in [0.2, 0.25) is 0 Å². The first-order valence-corrected chi connectivity index (χ1v) is 2.95. The Kier molecular flexibility index (Phi) is 3.32. The largest absolute Gasteiger partial charge is 0.479 e. The molecule has 60 valence electrons.